The van der Waals surface area contributed by atoms with Gasteiger partial charge >= 0.3 is 0 Å². The number of ether oxygens (including phenoxy) is 2. The molecule has 1 aromatic heterocycles. The first-order valence-electron chi connectivity index (χ1n) is 7.41. The summed E-state index contributed by atoms with van der Waals surface area (Å²) in [5.74, 6) is 2.38. The summed E-state index contributed by atoms with van der Waals surface area (Å²) in [6.07, 6.45) is 2.01. The van der Waals surface area contributed by atoms with E-state index in [4.69, 9.17) is 13.9 Å². The minimum absolute atomic E-state index is 0.00112. The van der Waals surface area contributed by atoms with Gasteiger partial charge in [0.25, 0.3) is 0 Å². The summed E-state index contributed by atoms with van der Waals surface area (Å²) >= 11 is 0. The van der Waals surface area contributed by atoms with Crippen molar-refractivity contribution < 1.29 is 18.7 Å². The van der Waals surface area contributed by atoms with Crippen LogP contribution in [0.4, 0.5) is 0 Å². The van der Waals surface area contributed by atoms with Crippen molar-refractivity contribution in [2.45, 2.75) is 25.8 Å². The Hall–Kier alpha value is -2.43. The van der Waals surface area contributed by atoms with Crippen LogP contribution >= 0.6 is 0 Å². The van der Waals surface area contributed by atoms with E-state index < -0.39 is 0 Å². The Balaban J connectivity index is 1.56. The van der Waals surface area contributed by atoms with E-state index in [0.717, 1.165) is 22.8 Å². The van der Waals surface area contributed by atoms with E-state index in [1.54, 1.807) is 12.3 Å². The number of hydrogen-bond acceptors (Lipinski definition) is 4. The fraction of sp³-hybridized carbons (Fsp3) is 0.353. The van der Waals surface area contributed by atoms with Crippen LogP contribution in [0.3, 0.4) is 0 Å². The maximum absolute atomic E-state index is 12.0. The fourth-order valence-corrected chi connectivity index (χ4v) is 2.43. The molecule has 0 saturated heterocycles. The van der Waals surface area contributed by atoms with Crippen molar-refractivity contribution in [2.24, 2.45) is 0 Å². The Labute approximate surface area is 129 Å². The maximum atomic E-state index is 12.0. The van der Waals surface area contributed by atoms with Crippen molar-refractivity contribution in [1.29, 1.82) is 0 Å². The van der Waals surface area contributed by atoms with Crippen LogP contribution < -0.4 is 14.8 Å². The van der Waals surface area contributed by atoms with Gasteiger partial charge in [-0.1, -0.05) is 13.0 Å². The van der Waals surface area contributed by atoms with Crippen LogP contribution in [0.15, 0.2) is 41.0 Å². The molecule has 0 spiro atoms. The van der Waals surface area contributed by atoms with E-state index >= 15 is 0 Å². The van der Waals surface area contributed by atoms with E-state index in [9.17, 15) is 4.79 Å². The molecule has 1 aromatic carbocycles. The number of carbonyl (C=O) groups is 1. The van der Waals surface area contributed by atoms with Gasteiger partial charge in [-0.15, -0.1) is 0 Å². The minimum Gasteiger partial charge on any atom is -0.486 e. The normalized spacial score (nSPS) is 14.4. The van der Waals surface area contributed by atoms with Gasteiger partial charge in [0.05, 0.1) is 12.8 Å². The van der Waals surface area contributed by atoms with E-state index in [1.165, 1.54) is 0 Å². The largest absolute Gasteiger partial charge is 0.486 e. The Morgan fingerprint density at radius 1 is 1.23 bits per heavy atom. The van der Waals surface area contributed by atoms with Gasteiger partial charge in [0, 0.05) is 6.42 Å². The number of nitrogens with one attached hydrogen (secondary N) is 1. The van der Waals surface area contributed by atoms with Gasteiger partial charge in [-0.25, -0.2) is 0 Å². The van der Waals surface area contributed by atoms with E-state index in [2.05, 4.69) is 5.32 Å². The second kappa shape index (κ2) is 6.56. The smallest absolute Gasteiger partial charge is 0.220 e. The molecule has 2 aromatic rings. The third-order valence-electron chi connectivity index (χ3n) is 3.67. The molecule has 2 heterocycles. The summed E-state index contributed by atoms with van der Waals surface area (Å²) in [4.78, 5) is 12.0. The minimum atomic E-state index is -0.00112. The molecule has 1 aliphatic heterocycles. The topological polar surface area (TPSA) is 60.7 Å². The highest BCUT2D eigenvalue weighted by atomic mass is 16.6. The molecule has 0 fully saturated rings. The molecular weight excluding hydrogens is 282 g/mol. The highest BCUT2D eigenvalue weighted by Crippen LogP contribution is 2.33. The molecule has 1 amide bonds. The molecule has 0 bridgehead atoms. The number of hydrogen-bond donors (Lipinski definition) is 1. The average Bonchev–Trinajstić information content (AvgIpc) is 3.06. The Kier molecular flexibility index (Phi) is 4.32. The maximum Gasteiger partial charge on any atom is 0.220 e. The number of benzene rings is 1. The van der Waals surface area contributed by atoms with Gasteiger partial charge in [-0.05, 0) is 35.7 Å². The summed E-state index contributed by atoms with van der Waals surface area (Å²) in [5, 5.41) is 2.86. The molecule has 116 valence electrons. The second-order valence-corrected chi connectivity index (χ2v) is 5.36. The van der Waals surface area contributed by atoms with Crippen molar-refractivity contribution in [1.82, 2.24) is 5.32 Å². The van der Waals surface area contributed by atoms with Crippen LogP contribution in [0.5, 0.6) is 11.5 Å². The van der Waals surface area contributed by atoms with Crippen LogP contribution in [0.1, 0.15) is 30.6 Å². The molecule has 3 rings (SSSR count). The van der Waals surface area contributed by atoms with E-state index in [0.29, 0.717) is 26.2 Å². The summed E-state index contributed by atoms with van der Waals surface area (Å²) in [7, 11) is 0. The zero-order chi connectivity index (χ0) is 15.4. The Bertz CT molecular complexity index is 636. The van der Waals surface area contributed by atoms with Gasteiger partial charge in [0.1, 0.15) is 19.0 Å². The van der Waals surface area contributed by atoms with Gasteiger partial charge in [0.2, 0.25) is 5.91 Å². The first-order valence-corrected chi connectivity index (χ1v) is 7.41. The second-order valence-electron chi connectivity index (χ2n) is 5.36. The molecule has 1 aliphatic rings. The summed E-state index contributed by atoms with van der Waals surface area (Å²) in [6.45, 7) is 3.59. The van der Waals surface area contributed by atoms with Crippen LogP contribution in [0.2, 0.25) is 0 Å². The lowest BCUT2D eigenvalue weighted by Gasteiger charge is -2.20. The molecule has 5 heteroatoms. The summed E-state index contributed by atoms with van der Waals surface area (Å²) in [6, 6.07) is 9.49. The third-order valence-corrected chi connectivity index (χ3v) is 3.67. The summed E-state index contributed by atoms with van der Waals surface area (Å²) < 4.78 is 16.3. The van der Waals surface area contributed by atoms with Gasteiger partial charge < -0.3 is 19.2 Å². The third kappa shape index (κ3) is 3.42. The van der Waals surface area contributed by atoms with Gasteiger partial charge in [-0.3, -0.25) is 4.79 Å². The number of carbonyl (C=O) groups excluding carboxylic acids is 1. The van der Waals surface area contributed by atoms with E-state index in [-0.39, 0.29) is 11.8 Å². The van der Waals surface area contributed by atoms with Crippen LogP contribution in [-0.2, 0) is 11.3 Å². The predicted octanol–water partition coefficient (Wildman–Crippen LogP) is 2.86. The number of rotatable bonds is 5. The van der Waals surface area contributed by atoms with Crippen LogP contribution in [-0.4, -0.2) is 19.1 Å². The molecule has 1 unspecified atom stereocenters. The van der Waals surface area contributed by atoms with Crippen molar-refractivity contribution in [3.8, 4) is 11.5 Å². The first-order chi connectivity index (χ1) is 10.7. The lowest BCUT2D eigenvalue weighted by molar-refractivity contribution is -0.121. The number of amides is 1. The average molecular weight is 301 g/mol. The predicted molar refractivity (Wildman–Crippen MR) is 81.0 cm³/mol. The zero-order valence-electron chi connectivity index (χ0n) is 12.5. The summed E-state index contributed by atoms with van der Waals surface area (Å²) in [5.41, 5.74) is 1.07. The molecule has 0 saturated carbocycles. The molecule has 1 atom stereocenters. The highest BCUT2D eigenvalue weighted by molar-refractivity contribution is 5.76. The molecule has 22 heavy (non-hydrogen) atoms. The lowest BCUT2D eigenvalue weighted by Crippen LogP contribution is -2.24. The van der Waals surface area contributed by atoms with Crippen molar-refractivity contribution in [3.63, 3.8) is 0 Å². The van der Waals surface area contributed by atoms with E-state index in [1.807, 2.05) is 31.2 Å². The molecule has 0 radical (unpaired) electrons. The fourth-order valence-electron chi connectivity index (χ4n) is 2.43. The number of furan rings is 1. The Morgan fingerprint density at radius 2 is 2.05 bits per heavy atom. The van der Waals surface area contributed by atoms with Crippen LogP contribution in [0, 0.1) is 0 Å². The Morgan fingerprint density at radius 3 is 2.82 bits per heavy atom. The van der Waals surface area contributed by atoms with Crippen molar-refractivity contribution in [3.05, 3.63) is 47.9 Å². The monoisotopic (exact) mass is 301 g/mol. The van der Waals surface area contributed by atoms with Gasteiger partial charge in [-0.2, -0.15) is 0 Å². The molecule has 1 N–H and O–H groups in total. The molecule has 0 aliphatic carbocycles. The first kappa shape index (κ1) is 14.5. The van der Waals surface area contributed by atoms with Crippen molar-refractivity contribution in [2.75, 3.05) is 13.2 Å². The van der Waals surface area contributed by atoms with Crippen LogP contribution in [0.25, 0.3) is 0 Å². The molecule has 5 nitrogen and oxygen atoms in total. The quantitative estimate of drug-likeness (QED) is 0.922. The standard InChI is InChI=1S/C17H19NO4/c1-12(9-17(19)18-11-14-3-2-6-20-14)13-4-5-15-16(10-13)22-8-7-21-15/h2-6,10,12H,7-9,11H2,1H3,(H,18,19). The zero-order valence-corrected chi connectivity index (χ0v) is 12.5. The highest BCUT2D eigenvalue weighted by Gasteiger charge is 2.16. The number of fused-ring (bicyclic) bond motifs is 1. The SMILES string of the molecule is CC(CC(=O)NCc1ccco1)c1ccc2c(c1)OCCO2. The van der Waals surface area contributed by atoms with Gasteiger partial charge in [0.15, 0.2) is 11.5 Å². The lowest BCUT2D eigenvalue weighted by atomic mass is 9.97. The van der Waals surface area contributed by atoms with Crippen molar-refractivity contribution >= 4 is 5.91 Å². The molecular formula is C17H19NO4.